The molecule has 0 aliphatic rings. The number of carbonyl (C=O) groups excluding carboxylic acids is 3. The Balaban J connectivity index is 2.69. The molecule has 0 aliphatic carbocycles. The number of rotatable bonds is 10. The average molecular weight is 539 g/mol. The summed E-state index contributed by atoms with van der Waals surface area (Å²) in [4.78, 5) is 36.6. The zero-order valence-corrected chi connectivity index (χ0v) is 22.1. The van der Waals surface area contributed by atoms with Crippen LogP contribution in [0, 0.1) is 0 Å². The highest BCUT2D eigenvalue weighted by Crippen LogP contribution is 2.38. The molecule has 194 valence electrons. The quantitative estimate of drug-likeness (QED) is 0.332. The van der Waals surface area contributed by atoms with Gasteiger partial charge in [0.05, 0.1) is 38.5 Å². The minimum absolute atomic E-state index is 0.113. The molecule has 0 unspecified atom stereocenters. The molecular formula is C25H28Cl2N2O7. The molecule has 2 N–H and O–H groups in total. The Morgan fingerprint density at radius 3 is 1.67 bits per heavy atom. The maximum Gasteiger partial charge on any atom is 0.341 e. The third kappa shape index (κ3) is 6.83. The SMILES string of the molecule is CCNC(=O)NCCC=C(c1cc(Cl)c(OC)c(C(=O)OC)c1)c1cc(Cl)c(OC)c(C(=O)OC)c1. The first-order chi connectivity index (χ1) is 17.2. The predicted octanol–water partition coefficient (Wildman–Crippen LogP) is 4.72. The molecule has 2 aromatic rings. The number of hydrogen-bond donors (Lipinski definition) is 2. The lowest BCUT2D eigenvalue weighted by Crippen LogP contribution is -2.35. The number of esters is 2. The van der Waals surface area contributed by atoms with Crippen LogP contribution in [-0.4, -0.2) is 59.5 Å². The third-order valence-corrected chi connectivity index (χ3v) is 5.61. The van der Waals surface area contributed by atoms with Gasteiger partial charge in [0.25, 0.3) is 0 Å². The highest BCUT2D eigenvalue weighted by Gasteiger charge is 2.22. The minimum atomic E-state index is -0.643. The van der Waals surface area contributed by atoms with E-state index in [0.717, 1.165) is 0 Å². The first-order valence-corrected chi connectivity index (χ1v) is 11.6. The lowest BCUT2D eigenvalue weighted by molar-refractivity contribution is 0.0588. The largest absolute Gasteiger partial charge is 0.494 e. The number of methoxy groups -OCH3 is 4. The first-order valence-electron chi connectivity index (χ1n) is 10.9. The van der Waals surface area contributed by atoms with Crippen LogP contribution in [0.2, 0.25) is 10.0 Å². The molecule has 0 aliphatic heterocycles. The maximum atomic E-state index is 12.4. The van der Waals surface area contributed by atoms with Crippen molar-refractivity contribution < 1.29 is 33.3 Å². The van der Waals surface area contributed by atoms with Crippen molar-refractivity contribution in [3.8, 4) is 11.5 Å². The van der Waals surface area contributed by atoms with E-state index in [-0.39, 0.29) is 38.7 Å². The summed E-state index contributed by atoms with van der Waals surface area (Å²) in [5, 5.41) is 5.75. The first kappa shape index (κ1) is 28.8. The van der Waals surface area contributed by atoms with Crippen LogP contribution in [0.1, 0.15) is 45.2 Å². The van der Waals surface area contributed by atoms with Crippen molar-refractivity contribution in [2.24, 2.45) is 0 Å². The Bertz CT molecular complexity index is 1090. The molecule has 11 heteroatoms. The van der Waals surface area contributed by atoms with Gasteiger partial charge in [0.1, 0.15) is 11.1 Å². The van der Waals surface area contributed by atoms with Crippen LogP contribution in [-0.2, 0) is 9.47 Å². The lowest BCUT2D eigenvalue weighted by Gasteiger charge is -2.17. The van der Waals surface area contributed by atoms with Crippen LogP contribution >= 0.6 is 23.2 Å². The van der Waals surface area contributed by atoms with Crippen molar-refractivity contribution in [3.63, 3.8) is 0 Å². The van der Waals surface area contributed by atoms with E-state index >= 15 is 0 Å². The number of amides is 2. The van der Waals surface area contributed by atoms with Gasteiger partial charge in [-0.1, -0.05) is 29.3 Å². The smallest absolute Gasteiger partial charge is 0.341 e. The van der Waals surface area contributed by atoms with Crippen LogP contribution in [0.3, 0.4) is 0 Å². The predicted molar refractivity (Wildman–Crippen MR) is 137 cm³/mol. The van der Waals surface area contributed by atoms with Gasteiger partial charge in [0.15, 0.2) is 11.5 Å². The van der Waals surface area contributed by atoms with Gasteiger partial charge in [0, 0.05) is 13.1 Å². The third-order valence-electron chi connectivity index (χ3n) is 5.04. The van der Waals surface area contributed by atoms with E-state index in [2.05, 4.69) is 10.6 Å². The Labute approximate surface area is 219 Å². The second-order valence-corrected chi connectivity index (χ2v) is 8.07. The second-order valence-electron chi connectivity index (χ2n) is 7.25. The summed E-state index contributed by atoms with van der Waals surface area (Å²) in [5.74, 6) is -0.966. The van der Waals surface area contributed by atoms with Crippen molar-refractivity contribution in [1.82, 2.24) is 10.6 Å². The van der Waals surface area contributed by atoms with E-state index in [9.17, 15) is 14.4 Å². The van der Waals surface area contributed by atoms with Gasteiger partial charge in [-0.05, 0) is 54.3 Å². The summed E-state index contributed by atoms with van der Waals surface area (Å²) < 4.78 is 20.4. The fraction of sp³-hybridized carbons (Fsp3) is 0.320. The fourth-order valence-corrected chi connectivity index (χ4v) is 4.06. The molecule has 0 aromatic heterocycles. The van der Waals surface area contributed by atoms with Crippen molar-refractivity contribution in [2.75, 3.05) is 41.5 Å². The Kier molecular flexibility index (Phi) is 10.9. The molecule has 2 aromatic carbocycles. The zero-order valence-electron chi connectivity index (χ0n) is 20.6. The van der Waals surface area contributed by atoms with Gasteiger partial charge in [-0.2, -0.15) is 0 Å². The van der Waals surface area contributed by atoms with Gasteiger partial charge in [-0.25, -0.2) is 14.4 Å². The number of halogens is 2. The molecule has 0 atom stereocenters. The van der Waals surface area contributed by atoms with Crippen molar-refractivity contribution in [2.45, 2.75) is 13.3 Å². The maximum absolute atomic E-state index is 12.4. The molecule has 2 amide bonds. The molecular weight excluding hydrogens is 511 g/mol. The van der Waals surface area contributed by atoms with E-state index < -0.39 is 11.9 Å². The van der Waals surface area contributed by atoms with Gasteiger partial charge in [-0.15, -0.1) is 0 Å². The molecule has 0 radical (unpaired) electrons. The molecule has 0 heterocycles. The summed E-state index contributed by atoms with van der Waals surface area (Å²) in [5.41, 5.74) is 1.85. The lowest BCUT2D eigenvalue weighted by atomic mass is 9.93. The van der Waals surface area contributed by atoms with Gasteiger partial charge < -0.3 is 29.6 Å². The monoisotopic (exact) mass is 538 g/mol. The number of carbonyl (C=O) groups is 3. The van der Waals surface area contributed by atoms with E-state index in [4.69, 9.17) is 42.1 Å². The van der Waals surface area contributed by atoms with Crippen LogP contribution < -0.4 is 20.1 Å². The normalized spacial score (nSPS) is 10.2. The highest BCUT2D eigenvalue weighted by molar-refractivity contribution is 6.33. The summed E-state index contributed by atoms with van der Waals surface area (Å²) >= 11 is 12.9. The fourth-order valence-electron chi connectivity index (χ4n) is 3.46. The summed E-state index contributed by atoms with van der Waals surface area (Å²) in [6.45, 7) is 2.63. The van der Waals surface area contributed by atoms with Gasteiger partial charge >= 0.3 is 18.0 Å². The Morgan fingerprint density at radius 1 is 0.806 bits per heavy atom. The highest BCUT2D eigenvalue weighted by atomic mass is 35.5. The summed E-state index contributed by atoms with van der Waals surface area (Å²) in [7, 11) is 5.28. The van der Waals surface area contributed by atoms with Crippen LogP contribution in [0.4, 0.5) is 4.79 Å². The van der Waals surface area contributed by atoms with Crippen LogP contribution in [0.15, 0.2) is 30.3 Å². The Hall–Kier alpha value is -3.43. The topological polar surface area (TPSA) is 112 Å². The molecule has 0 bridgehead atoms. The number of urea groups is 1. The van der Waals surface area contributed by atoms with E-state index in [1.54, 1.807) is 24.3 Å². The van der Waals surface area contributed by atoms with E-state index in [1.807, 2.05) is 13.0 Å². The molecule has 0 spiro atoms. The van der Waals surface area contributed by atoms with Crippen molar-refractivity contribution in [1.29, 1.82) is 0 Å². The van der Waals surface area contributed by atoms with Crippen LogP contribution in [0.25, 0.3) is 5.57 Å². The minimum Gasteiger partial charge on any atom is -0.494 e. The molecule has 0 saturated carbocycles. The number of nitrogens with one attached hydrogen (secondary N) is 2. The summed E-state index contributed by atoms with van der Waals surface area (Å²) in [6.07, 6.45) is 2.23. The number of benzene rings is 2. The molecule has 0 saturated heterocycles. The Morgan fingerprint density at radius 2 is 1.28 bits per heavy atom. The van der Waals surface area contributed by atoms with Crippen molar-refractivity contribution in [3.05, 3.63) is 62.6 Å². The number of hydrogen-bond acceptors (Lipinski definition) is 7. The number of ether oxygens (including phenoxy) is 4. The van der Waals surface area contributed by atoms with E-state index in [0.29, 0.717) is 36.2 Å². The molecule has 2 rings (SSSR count). The summed E-state index contributed by atoms with van der Waals surface area (Å²) in [6, 6.07) is 6.07. The van der Waals surface area contributed by atoms with Crippen molar-refractivity contribution >= 4 is 46.7 Å². The standard InChI is InChI=1S/C25H28Cl2N2O7/c1-6-28-25(32)29-9-7-8-16(14-10-17(23(30)35-4)21(33-2)19(26)12-14)15-11-18(24(31)36-5)22(34-3)20(27)13-15/h8,10-13H,6-7,9H2,1-5H3,(H2,28,29,32). The zero-order chi connectivity index (χ0) is 26.8. The van der Waals surface area contributed by atoms with E-state index in [1.165, 1.54) is 28.4 Å². The second kappa shape index (κ2) is 13.6. The van der Waals surface area contributed by atoms with Gasteiger partial charge in [-0.3, -0.25) is 0 Å². The molecule has 0 fully saturated rings. The van der Waals surface area contributed by atoms with Gasteiger partial charge in [0.2, 0.25) is 0 Å². The molecule has 9 nitrogen and oxygen atoms in total. The average Bonchev–Trinajstić information content (AvgIpc) is 2.86. The van der Waals surface area contributed by atoms with Crippen LogP contribution in [0.5, 0.6) is 11.5 Å². The molecule has 36 heavy (non-hydrogen) atoms.